The predicted octanol–water partition coefficient (Wildman–Crippen LogP) is 4.61. The summed E-state index contributed by atoms with van der Waals surface area (Å²) in [6.07, 6.45) is 1.76. The summed E-state index contributed by atoms with van der Waals surface area (Å²) in [5, 5.41) is 13.6. The van der Waals surface area contributed by atoms with E-state index in [0.717, 1.165) is 26.8 Å². The molecule has 0 atom stereocenters. The van der Waals surface area contributed by atoms with Crippen molar-refractivity contribution in [2.75, 3.05) is 5.32 Å². The molecule has 20 heavy (non-hydrogen) atoms. The van der Waals surface area contributed by atoms with Crippen LogP contribution >= 0.6 is 15.9 Å². The number of benzene rings is 2. The van der Waals surface area contributed by atoms with Crippen LogP contribution in [0.25, 0.3) is 10.9 Å². The van der Waals surface area contributed by atoms with E-state index in [9.17, 15) is 5.26 Å². The molecule has 0 spiro atoms. The maximum atomic E-state index is 9.25. The van der Waals surface area contributed by atoms with Gasteiger partial charge in [0, 0.05) is 16.1 Å². The Hall–Kier alpha value is -2.38. The van der Waals surface area contributed by atoms with Crippen molar-refractivity contribution in [3.63, 3.8) is 0 Å². The van der Waals surface area contributed by atoms with E-state index in [0.29, 0.717) is 5.56 Å². The Balaban J connectivity index is 2.11. The Labute approximate surface area is 125 Å². The monoisotopic (exact) mass is 323 g/mol. The summed E-state index contributed by atoms with van der Waals surface area (Å²) in [6, 6.07) is 17.7. The van der Waals surface area contributed by atoms with Gasteiger partial charge in [0.25, 0.3) is 0 Å². The van der Waals surface area contributed by atoms with Crippen LogP contribution in [0.5, 0.6) is 0 Å². The molecular formula is C16H10BrN3. The molecule has 4 heteroatoms. The highest BCUT2D eigenvalue weighted by molar-refractivity contribution is 9.10. The summed E-state index contributed by atoms with van der Waals surface area (Å²) in [5.41, 5.74) is 3.12. The quantitative estimate of drug-likeness (QED) is 0.749. The smallest absolute Gasteiger partial charge is 0.103 e. The highest BCUT2D eigenvalue weighted by atomic mass is 79.9. The third-order valence-corrected chi connectivity index (χ3v) is 3.69. The van der Waals surface area contributed by atoms with Gasteiger partial charge in [-0.05, 0) is 40.2 Å². The largest absolute Gasteiger partial charge is 0.353 e. The van der Waals surface area contributed by atoms with E-state index in [4.69, 9.17) is 0 Å². The van der Waals surface area contributed by atoms with Gasteiger partial charge in [-0.2, -0.15) is 5.26 Å². The third kappa shape index (κ3) is 2.24. The van der Waals surface area contributed by atoms with Crippen molar-refractivity contribution in [1.29, 1.82) is 5.26 Å². The van der Waals surface area contributed by atoms with Gasteiger partial charge in [0.1, 0.15) is 6.07 Å². The number of para-hydroxylation sites is 1. The zero-order valence-corrected chi connectivity index (χ0v) is 12.1. The van der Waals surface area contributed by atoms with Gasteiger partial charge in [0.2, 0.25) is 0 Å². The maximum Gasteiger partial charge on any atom is 0.103 e. The second-order valence-corrected chi connectivity index (χ2v) is 5.13. The molecule has 1 heterocycles. The molecule has 0 saturated heterocycles. The number of hydrogen-bond acceptors (Lipinski definition) is 3. The van der Waals surface area contributed by atoms with Gasteiger partial charge in [0.15, 0.2) is 0 Å². The average Bonchev–Trinajstić information content (AvgIpc) is 2.48. The first-order valence-electron chi connectivity index (χ1n) is 6.09. The standard InChI is InChI=1S/C16H10BrN3/c17-13-6-2-7-14(12(13)10-18)20-15-8-1-4-11-5-3-9-19-16(11)15/h1-9,20H. The van der Waals surface area contributed by atoms with E-state index >= 15 is 0 Å². The van der Waals surface area contributed by atoms with Crippen LogP contribution in [0.1, 0.15) is 5.56 Å². The van der Waals surface area contributed by atoms with Crippen molar-refractivity contribution in [3.05, 3.63) is 64.8 Å². The lowest BCUT2D eigenvalue weighted by atomic mass is 10.1. The number of nitrogens with zero attached hydrogens (tertiary/aromatic N) is 2. The molecule has 0 saturated carbocycles. The summed E-state index contributed by atoms with van der Waals surface area (Å²) >= 11 is 3.39. The molecule has 0 bridgehead atoms. The van der Waals surface area contributed by atoms with E-state index in [-0.39, 0.29) is 0 Å². The predicted molar refractivity (Wildman–Crippen MR) is 83.9 cm³/mol. The van der Waals surface area contributed by atoms with Gasteiger partial charge in [-0.3, -0.25) is 4.98 Å². The van der Waals surface area contributed by atoms with Crippen LogP contribution in [0.4, 0.5) is 11.4 Å². The molecule has 0 aliphatic carbocycles. The summed E-state index contributed by atoms with van der Waals surface area (Å²) in [4.78, 5) is 4.40. The van der Waals surface area contributed by atoms with Crippen molar-refractivity contribution in [2.24, 2.45) is 0 Å². The topological polar surface area (TPSA) is 48.7 Å². The lowest BCUT2D eigenvalue weighted by Crippen LogP contribution is -1.96. The molecule has 3 nitrogen and oxygen atoms in total. The lowest BCUT2D eigenvalue weighted by Gasteiger charge is -2.11. The van der Waals surface area contributed by atoms with E-state index < -0.39 is 0 Å². The van der Waals surface area contributed by atoms with Gasteiger partial charge < -0.3 is 5.32 Å². The number of pyridine rings is 1. The number of anilines is 2. The van der Waals surface area contributed by atoms with Crippen LogP contribution in [0.15, 0.2) is 59.2 Å². The van der Waals surface area contributed by atoms with Crippen molar-refractivity contribution in [2.45, 2.75) is 0 Å². The average molecular weight is 324 g/mol. The molecule has 0 amide bonds. The summed E-state index contributed by atoms with van der Waals surface area (Å²) in [7, 11) is 0. The minimum atomic E-state index is 0.584. The van der Waals surface area contributed by atoms with Crippen LogP contribution < -0.4 is 5.32 Å². The van der Waals surface area contributed by atoms with Gasteiger partial charge >= 0.3 is 0 Å². The van der Waals surface area contributed by atoms with Crippen LogP contribution in [0, 0.1) is 11.3 Å². The first-order valence-corrected chi connectivity index (χ1v) is 6.88. The fourth-order valence-electron chi connectivity index (χ4n) is 2.09. The third-order valence-electron chi connectivity index (χ3n) is 3.03. The summed E-state index contributed by atoms with van der Waals surface area (Å²) < 4.78 is 0.776. The Kier molecular flexibility index (Phi) is 3.36. The molecule has 1 N–H and O–H groups in total. The molecule has 2 aromatic carbocycles. The van der Waals surface area contributed by atoms with Crippen molar-refractivity contribution >= 4 is 38.2 Å². The molecule has 0 unspecified atom stereocenters. The van der Waals surface area contributed by atoms with Crippen molar-refractivity contribution < 1.29 is 0 Å². The first-order chi connectivity index (χ1) is 9.79. The fraction of sp³-hybridized carbons (Fsp3) is 0. The lowest BCUT2D eigenvalue weighted by molar-refractivity contribution is 1.40. The normalized spacial score (nSPS) is 10.2. The Morgan fingerprint density at radius 3 is 2.60 bits per heavy atom. The number of hydrogen-bond donors (Lipinski definition) is 1. The highest BCUT2D eigenvalue weighted by Crippen LogP contribution is 2.29. The molecular weight excluding hydrogens is 314 g/mol. The fourth-order valence-corrected chi connectivity index (χ4v) is 2.55. The van der Waals surface area contributed by atoms with E-state index in [1.165, 1.54) is 0 Å². The SMILES string of the molecule is N#Cc1c(Br)cccc1Nc1cccc2cccnc12. The van der Waals surface area contributed by atoms with Gasteiger partial charge in [-0.25, -0.2) is 0 Å². The Bertz CT molecular complexity index is 816. The Morgan fingerprint density at radius 2 is 1.75 bits per heavy atom. The molecule has 3 aromatic rings. The molecule has 0 aliphatic rings. The van der Waals surface area contributed by atoms with E-state index in [1.54, 1.807) is 6.20 Å². The second kappa shape index (κ2) is 5.32. The minimum Gasteiger partial charge on any atom is -0.353 e. The molecule has 1 aromatic heterocycles. The van der Waals surface area contributed by atoms with Gasteiger partial charge in [0.05, 0.1) is 22.5 Å². The van der Waals surface area contributed by atoms with Crippen molar-refractivity contribution in [3.8, 4) is 6.07 Å². The molecule has 3 rings (SSSR count). The summed E-state index contributed by atoms with van der Waals surface area (Å²) in [6.45, 7) is 0. The van der Waals surface area contributed by atoms with E-state index in [1.807, 2.05) is 48.5 Å². The first kappa shape index (κ1) is 12.6. The van der Waals surface area contributed by atoms with Crippen molar-refractivity contribution in [1.82, 2.24) is 4.98 Å². The number of aromatic nitrogens is 1. The second-order valence-electron chi connectivity index (χ2n) is 4.28. The van der Waals surface area contributed by atoms with E-state index in [2.05, 4.69) is 32.3 Å². The number of rotatable bonds is 2. The summed E-state index contributed by atoms with van der Waals surface area (Å²) in [5.74, 6) is 0. The zero-order valence-electron chi connectivity index (χ0n) is 10.5. The molecule has 0 fully saturated rings. The number of halogens is 1. The Morgan fingerprint density at radius 1 is 1.00 bits per heavy atom. The molecule has 0 radical (unpaired) electrons. The molecule has 96 valence electrons. The number of nitriles is 1. The van der Waals surface area contributed by atoms with Gasteiger partial charge in [-0.1, -0.05) is 24.3 Å². The van der Waals surface area contributed by atoms with Crippen LogP contribution in [0.2, 0.25) is 0 Å². The number of nitrogens with one attached hydrogen (secondary N) is 1. The highest BCUT2D eigenvalue weighted by Gasteiger charge is 2.08. The van der Waals surface area contributed by atoms with Crippen LogP contribution in [-0.2, 0) is 0 Å². The maximum absolute atomic E-state index is 9.25. The minimum absolute atomic E-state index is 0.584. The van der Waals surface area contributed by atoms with Crippen LogP contribution in [-0.4, -0.2) is 4.98 Å². The van der Waals surface area contributed by atoms with Gasteiger partial charge in [-0.15, -0.1) is 0 Å². The zero-order chi connectivity index (χ0) is 13.9. The number of fused-ring (bicyclic) bond motifs is 1. The molecule has 0 aliphatic heterocycles. The van der Waals surface area contributed by atoms with Crippen LogP contribution in [0.3, 0.4) is 0 Å².